The van der Waals surface area contributed by atoms with Crippen LogP contribution < -0.4 is 15.6 Å². The van der Waals surface area contributed by atoms with Crippen molar-refractivity contribution < 1.29 is 4.74 Å². The summed E-state index contributed by atoms with van der Waals surface area (Å²) in [5.41, 5.74) is 4.92. The molecule has 0 aromatic heterocycles. The van der Waals surface area contributed by atoms with Crippen molar-refractivity contribution in [3.05, 3.63) is 29.8 Å². The highest BCUT2D eigenvalue weighted by Gasteiger charge is 1.94. The standard InChI is InChI=1S/C13H20N4OS/c1-17(2)12-6-4-11(5-7-12)10-15-16-13(19)14-8-9-18-3/h4-7,10H,8-9H2,1-3H3,(H2,14,16,19). The molecule has 0 fully saturated rings. The van der Waals surface area contributed by atoms with E-state index in [4.69, 9.17) is 17.0 Å². The highest BCUT2D eigenvalue weighted by molar-refractivity contribution is 7.80. The Balaban J connectivity index is 2.37. The smallest absolute Gasteiger partial charge is 0.187 e. The Hall–Kier alpha value is -1.66. The Kier molecular flexibility index (Phi) is 6.84. The van der Waals surface area contributed by atoms with Gasteiger partial charge in [0, 0.05) is 33.4 Å². The zero-order valence-electron chi connectivity index (χ0n) is 11.5. The monoisotopic (exact) mass is 280 g/mol. The molecule has 19 heavy (non-hydrogen) atoms. The second-order valence-electron chi connectivity index (χ2n) is 4.10. The van der Waals surface area contributed by atoms with E-state index < -0.39 is 0 Å². The van der Waals surface area contributed by atoms with E-state index >= 15 is 0 Å². The molecule has 6 heteroatoms. The molecule has 0 unspecified atom stereocenters. The van der Waals surface area contributed by atoms with Gasteiger partial charge >= 0.3 is 0 Å². The van der Waals surface area contributed by atoms with Crippen molar-refractivity contribution in [2.75, 3.05) is 39.3 Å². The first-order valence-electron chi connectivity index (χ1n) is 5.96. The summed E-state index contributed by atoms with van der Waals surface area (Å²) in [6, 6.07) is 8.08. The van der Waals surface area contributed by atoms with Crippen LogP contribution in [0.4, 0.5) is 5.69 Å². The molecule has 0 bridgehead atoms. The van der Waals surface area contributed by atoms with Crippen LogP contribution in [0.2, 0.25) is 0 Å². The second-order valence-corrected chi connectivity index (χ2v) is 4.51. The largest absolute Gasteiger partial charge is 0.383 e. The third-order valence-electron chi connectivity index (χ3n) is 2.38. The number of anilines is 1. The van der Waals surface area contributed by atoms with Crippen molar-refractivity contribution >= 4 is 29.2 Å². The Morgan fingerprint density at radius 2 is 2.05 bits per heavy atom. The zero-order chi connectivity index (χ0) is 14.1. The van der Waals surface area contributed by atoms with E-state index in [2.05, 4.69) is 15.8 Å². The molecular weight excluding hydrogens is 260 g/mol. The number of nitrogens with one attached hydrogen (secondary N) is 2. The average Bonchev–Trinajstić information content (AvgIpc) is 2.39. The number of hydrogen-bond acceptors (Lipinski definition) is 4. The number of ether oxygens (including phenoxy) is 1. The summed E-state index contributed by atoms with van der Waals surface area (Å²) in [5, 5.41) is 7.51. The van der Waals surface area contributed by atoms with Gasteiger partial charge in [-0.3, -0.25) is 5.43 Å². The maximum absolute atomic E-state index is 5.04. The summed E-state index contributed by atoms with van der Waals surface area (Å²) < 4.78 is 4.90. The normalized spacial score (nSPS) is 10.5. The maximum Gasteiger partial charge on any atom is 0.187 e. The fraction of sp³-hybridized carbons (Fsp3) is 0.385. The number of benzene rings is 1. The van der Waals surface area contributed by atoms with Gasteiger partial charge in [-0.2, -0.15) is 5.10 Å². The number of thiocarbonyl (C=S) groups is 1. The van der Waals surface area contributed by atoms with E-state index in [-0.39, 0.29) is 0 Å². The lowest BCUT2D eigenvalue weighted by atomic mass is 10.2. The summed E-state index contributed by atoms with van der Waals surface area (Å²) in [5.74, 6) is 0. The maximum atomic E-state index is 5.04. The molecule has 0 amide bonds. The van der Waals surface area contributed by atoms with Crippen molar-refractivity contribution in [2.45, 2.75) is 0 Å². The van der Waals surface area contributed by atoms with Gasteiger partial charge in [0.25, 0.3) is 0 Å². The molecule has 0 saturated carbocycles. The predicted octanol–water partition coefficient (Wildman–Crippen LogP) is 1.20. The Morgan fingerprint density at radius 3 is 2.63 bits per heavy atom. The highest BCUT2D eigenvalue weighted by atomic mass is 32.1. The number of hydrazone groups is 1. The lowest BCUT2D eigenvalue weighted by Gasteiger charge is -2.11. The third kappa shape index (κ3) is 6.17. The number of nitrogens with zero attached hydrogens (tertiary/aromatic N) is 2. The van der Waals surface area contributed by atoms with Crippen molar-refractivity contribution in [3.63, 3.8) is 0 Å². The van der Waals surface area contributed by atoms with Crippen molar-refractivity contribution in [3.8, 4) is 0 Å². The van der Waals surface area contributed by atoms with E-state index in [1.165, 1.54) is 0 Å². The van der Waals surface area contributed by atoms with E-state index in [1.807, 2.05) is 43.3 Å². The van der Waals surface area contributed by atoms with Crippen LogP contribution in [0.3, 0.4) is 0 Å². The molecule has 5 nitrogen and oxygen atoms in total. The second kappa shape index (κ2) is 8.44. The summed E-state index contributed by atoms with van der Waals surface area (Å²) in [7, 11) is 5.66. The Bertz CT molecular complexity index is 417. The molecule has 1 aromatic rings. The van der Waals surface area contributed by atoms with Crippen LogP contribution in [-0.4, -0.2) is 45.7 Å². The molecule has 0 radical (unpaired) electrons. The van der Waals surface area contributed by atoms with Crippen LogP contribution in [0.15, 0.2) is 29.4 Å². The van der Waals surface area contributed by atoms with Gasteiger partial charge in [0.15, 0.2) is 5.11 Å². The minimum Gasteiger partial charge on any atom is -0.383 e. The zero-order valence-corrected chi connectivity index (χ0v) is 12.3. The van der Waals surface area contributed by atoms with Gasteiger partial charge in [0.2, 0.25) is 0 Å². The molecule has 104 valence electrons. The molecule has 0 atom stereocenters. The first kappa shape index (κ1) is 15.4. The van der Waals surface area contributed by atoms with E-state index in [1.54, 1.807) is 13.3 Å². The molecule has 0 heterocycles. The molecular formula is C13H20N4OS. The average molecular weight is 280 g/mol. The van der Waals surface area contributed by atoms with Crippen LogP contribution in [0, 0.1) is 0 Å². The van der Waals surface area contributed by atoms with Crippen LogP contribution in [0.1, 0.15) is 5.56 Å². The fourth-order valence-corrected chi connectivity index (χ4v) is 1.48. The minimum atomic E-state index is 0.484. The van der Waals surface area contributed by atoms with Crippen LogP contribution in [0.5, 0.6) is 0 Å². The molecule has 0 saturated heterocycles. The lowest BCUT2D eigenvalue weighted by Crippen LogP contribution is -2.34. The lowest BCUT2D eigenvalue weighted by molar-refractivity contribution is 0.204. The van der Waals surface area contributed by atoms with Gasteiger partial charge in [-0.15, -0.1) is 0 Å². The van der Waals surface area contributed by atoms with Crippen LogP contribution in [0.25, 0.3) is 0 Å². The highest BCUT2D eigenvalue weighted by Crippen LogP contribution is 2.10. The van der Waals surface area contributed by atoms with E-state index in [0.29, 0.717) is 18.3 Å². The molecule has 0 aliphatic rings. The van der Waals surface area contributed by atoms with Crippen molar-refractivity contribution in [2.24, 2.45) is 5.10 Å². The van der Waals surface area contributed by atoms with Gasteiger partial charge in [-0.05, 0) is 29.9 Å². The molecule has 2 N–H and O–H groups in total. The van der Waals surface area contributed by atoms with Gasteiger partial charge in [0.1, 0.15) is 0 Å². The molecule has 1 rings (SSSR count). The molecule has 0 spiro atoms. The first-order chi connectivity index (χ1) is 9.13. The van der Waals surface area contributed by atoms with Crippen LogP contribution >= 0.6 is 12.2 Å². The molecule has 1 aromatic carbocycles. The summed E-state index contributed by atoms with van der Waals surface area (Å²) in [4.78, 5) is 2.05. The topological polar surface area (TPSA) is 48.9 Å². The summed E-state index contributed by atoms with van der Waals surface area (Å²) in [6.07, 6.45) is 1.73. The third-order valence-corrected chi connectivity index (χ3v) is 2.62. The quantitative estimate of drug-likeness (QED) is 0.355. The van der Waals surface area contributed by atoms with Crippen LogP contribution in [-0.2, 0) is 4.74 Å². The number of hydrogen-bond donors (Lipinski definition) is 2. The predicted molar refractivity (Wildman–Crippen MR) is 84.0 cm³/mol. The van der Waals surface area contributed by atoms with Gasteiger partial charge < -0.3 is 15.0 Å². The number of methoxy groups -OCH3 is 1. The van der Waals surface area contributed by atoms with Gasteiger partial charge in [0.05, 0.1) is 12.8 Å². The number of rotatable bonds is 6. The molecule has 0 aliphatic carbocycles. The Labute approximate surface area is 119 Å². The first-order valence-corrected chi connectivity index (χ1v) is 6.37. The van der Waals surface area contributed by atoms with Crippen molar-refractivity contribution in [1.29, 1.82) is 0 Å². The molecule has 0 aliphatic heterocycles. The van der Waals surface area contributed by atoms with E-state index in [0.717, 1.165) is 11.3 Å². The minimum absolute atomic E-state index is 0.484. The van der Waals surface area contributed by atoms with E-state index in [9.17, 15) is 0 Å². The summed E-state index contributed by atoms with van der Waals surface area (Å²) >= 11 is 5.04. The SMILES string of the molecule is COCCNC(=S)NN=Cc1ccc(N(C)C)cc1. The summed E-state index contributed by atoms with van der Waals surface area (Å²) in [6.45, 7) is 1.27. The van der Waals surface area contributed by atoms with Gasteiger partial charge in [-0.25, -0.2) is 0 Å². The van der Waals surface area contributed by atoms with Gasteiger partial charge in [-0.1, -0.05) is 12.1 Å². The van der Waals surface area contributed by atoms with Crippen molar-refractivity contribution in [1.82, 2.24) is 10.7 Å². The Morgan fingerprint density at radius 1 is 1.37 bits per heavy atom. The fourth-order valence-electron chi connectivity index (χ4n) is 1.33.